The van der Waals surface area contributed by atoms with E-state index in [4.69, 9.17) is 9.72 Å². The average molecular weight is 302 g/mol. The summed E-state index contributed by atoms with van der Waals surface area (Å²) in [5.41, 5.74) is 0.972. The van der Waals surface area contributed by atoms with E-state index in [9.17, 15) is 0 Å². The van der Waals surface area contributed by atoms with Gasteiger partial charge in [0.05, 0.1) is 18.7 Å². The summed E-state index contributed by atoms with van der Waals surface area (Å²) in [7, 11) is 10.0. The molecule has 5 nitrogen and oxygen atoms in total. The fourth-order valence-electron chi connectivity index (χ4n) is 2.55. The van der Waals surface area contributed by atoms with Crippen LogP contribution in [0.5, 0.6) is 5.75 Å². The van der Waals surface area contributed by atoms with Crippen molar-refractivity contribution in [2.45, 2.75) is 6.04 Å². The van der Waals surface area contributed by atoms with Crippen molar-refractivity contribution in [3.05, 3.63) is 30.3 Å². The third kappa shape index (κ3) is 4.58. The first-order valence-corrected chi connectivity index (χ1v) is 7.48. The maximum absolute atomic E-state index is 5.25. The van der Waals surface area contributed by atoms with Gasteiger partial charge in [-0.1, -0.05) is 0 Å². The van der Waals surface area contributed by atoms with Crippen LogP contribution in [0.1, 0.15) is 0 Å². The first-order chi connectivity index (χ1) is 10.5. The number of nitrogens with zero attached hydrogens (tertiary/aromatic N) is 3. The highest BCUT2D eigenvalue weighted by atomic mass is 16.5. The number of methoxy groups -OCH3 is 1. The molecule has 0 saturated carbocycles. The topological polar surface area (TPSA) is 40.6 Å². The van der Waals surface area contributed by atoms with Crippen LogP contribution in [0.25, 0.3) is 10.9 Å². The van der Waals surface area contributed by atoms with E-state index in [-0.39, 0.29) is 0 Å². The van der Waals surface area contributed by atoms with E-state index in [2.05, 4.69) is 49.4 Å². The third-order valence-electron chi connectivity index (χ3n) is 3.42. The van der Waals surface area contributed by atoms with Gasteiger partial charge in [0.15, 0.2) is 0 Å². The number of aromatic nitrogens is 1. The molecule has 0 aliphatic heterocycles. The summed E-state index contributed by atoms with van der Waals surface area (Å²) in [4.78, 5) is 9.08. The highest BCUT2D eigenvalue weighted by Gasteiger charge is 2.12. The number of likely N-dealkylation sites (N-methyl/N-ethyl adjacent to an activating group) is 2. The van der Waals surface area contributed by atoms with Crippen molar-refractivity contribution >= 4 is 16.7 Å². The molecule has 1 heterocycles. The Morgan fingerprint density at radius 3 is 2.32 bits per heavy atom. The second-order valence-electron chi connectivity index (χ2n) is 6.12. The summed E-state index contributed by atoms with van der Waals surface area (Å²) in [6.45, 7) is 1.92. The van der Waals surface area contributed by atoms with Gasteiger partial charge in [0, 0.05) is 18.5 Å². The molecular formula is C17H26N4O. The molecule has 0 radical (unpaired) electrons. The van der Waals surface area contributed by atoms with Crippen molar-refractivity contribution in [2.75, 3.05) is 53.7 Å². The van der Waals surface area contributed by atoms with Gasteiger partial charge in [0.25, 0.3) is 0 Å². The molecule has 0 saturated heterocycles. The largest absolute Gasteiger partial charge is 0.497 e. The highest BCUT2D eigenvalue weighted by Crippen LogP contribution is 2.21. The van der Waals surface area contributed by atoms with E-state index in [1.165, 1.54) is 0 Å². The van der Waals surface area contributed by atoms with Crippen molar-refractivity contribution in [3.63, 3.8) is 0 Å². The lowest BCUT2D eigenvalue weighted by Gasteiger charge is -2.25. The van der Waals surface area contributed by atoms with Crippen LogP contribution in [0.15, 0.2) is 30.3 Å². The second kappa shape index (κ2) is 7.42. The summed E-state index contributed by atoms with van der Waals surface area (Å²) in [6.07, 6.45) is 0. The van der Waals surface area contributed by atoms with Gasteiger partial charge in [0.1, 0.15) is 11.6 Å². The molecule has 2 rings (SSSR count). The van der Waals surface area contributed by atoms with Crippen molar-refractivity contribution in [3.8, 4) is 5.75 Å². The lowest BCUT2D eigenvalue weighted by Crippen LogP contribution is -2.40. The molecular weight excluding hydrogens is 276 g/mol. The SMILES string of the molecule is COc1ccc2nc(NC(CN(C)C)CN(C)C)ccc2c1. The van der Waals surface area contributed by atoms with Crippen LogP contribution < -0.4 is 10.1 Å². The van der Waals surface area contributed by atoms with Crippen LogP contribution in [-0.2, 0) is 0 Å². The van der Waals surface area contributed by atoms with Crippen molar-refractivity contribution in [1.82, 2.24) is 14.8 Å². The van der Waals surface area contributed by atoms with E-state index in [0.29, 0.717) is 6.04 Å². The van der Waals surface area contributed by atoms with E-state index in [1.54, 1.807) is 7.11 Å². The first-order valence-electron chi connectivity index (χ1n) is 7.48. The van der Waals surface area contributed by atoms with Crippen LogP contribution in [-0.4, -0.2) is 69.2 Å². The second-order valence-corrected chi connectivity index (χ2v) is 6.12. The molecule has 0 fully saturated rings. The molecule has 0 atom stereocenters. The van der Waals surface area contributed by atoms with Crippen LogP contribution >= 0.6 is 0 Å². The van der Waals surface area contributed by atoms with Gasteiger partial charge in [0.2, 0.25) is 0 Å². The smallest absolute Gasteiger partial charge is 0.126 e. The number of pyridine rings is 1. The van der Waals surface area contributed by atoms with Crippen molar-refractivity contribution < 1.29 is 4.74 Å². The lowest BCUT2D eigenvalue weighted by molar-refractivity contribution is 0.319. The summed E-state index contributed by atoms with van der Waals surface area (Å²) >= 11 is 0. The average Bonchev–Trinajstić information content (AvgIpc) is 2.45. The van der Waals surface area contributed by atoms with E-state index < -0.39 is 0 Å². The molecule has 120 valence electrons. The monoisotopic (exact) mass is 302 g/mol. The van der Waals surface area contributed by atoms with Crippen molar-refractivity contribution in [2.24, 2.45) is 0 Å². The molecule has 0 amide bonds. The molecule has 0 spiro atoms. The normalized spacial score (nSPS) is 11.6. The number of anilines is 1. The molecule has 1 N–H and O–H groups in total. The highest BCUT2D eigenvalue weighted by molar-refractivity contribution is 5.81. The zero-order valence-corrected chi connectivity index (χ0v) is 14.1. The van der Waals surface area contributed by atoms with Gasteiger partial charge in [-0.25, -0.2) is 4.98 Å². The van der Waals surface area contributed by atoms with Gasteiger partial charge >= 0.3 is 0 Å². The van der Waals surface area contributed by atoms with Gasteiger partial charge in [-0.3, -0.25) is 0 Å². The van der Waals surface area contributed by atoms with Gasteiger partial charge in [-0.2, -0.15) is 0 Å². The number of ether oxygens (including phenoxy) is 1. The number of benzene rings is 1. The Morgan fingerprint density at radius 2 is 1.73 bits per heavy atom. The van der Waals surface area contributed by atoms with Crippen LogP contribution in [0.4, 0.5) is 5.82 Å². The Balaban J connectivity index is 2.18. The predicted octanol–water partition coefficient (Wildman–Crippen LogP) is 2.15. The molecule has 0 aliphatic carbocycles. The zero-order chi connectivity index (χ0) is 16.1. The number of fused-ring (bicyclic) bond motifs is 1. The Bertz CT molecular complexity index is 603. The van der Waals surface area contributed by atoms with Crippen LogP contribution in [0.3, 0.4) is 0 Å². The van der Waals surface area contributed by atoms with Gasteiger partial charge in [-0.05, 0) is 58.5 Å². The maximum Gasteiger partial charge on any atom is 0.126 e. The van der Waals surface area contributed by atoms with Crippen LogP contribution in [0.2, 0.25) is 0 Å². The molecule has 1 aromatic heterocycles. The predicted molar refractivity (Wildman–Crippen MR) is 92.8 cm³/mol. The Hall–Kier alpha value is -1.85. The molecule has 22 heavy (non-hydrogen) atoms. The van der Waals surface area contributed by atoms with Crippen molar-refractivity contribution in [1.29, 1.82) is 0 Å². The maximum atomic E-state index is 5.25. The molecule has 0 unspecified atom stereocenters. The summed E-state index contributed by atoms with van der Waals surface area (Å²) in [5, 5.41) is 4.62. The molecule has 5 heteroatoms. The van der Waals surface area contributed by atoms with E-state index in [1.807, 2.05) is 24.3 Å². The Labute approximate surface area is 132 Å². The van der Waals surface area contributed by atoms with Crippen LogP contribution in [0, 0.1) is 0 Å². The first kappa shape index (κ1) is 16.5. The van der Waals surface area contributed by atoms with Gasteiger partial charge in [-0.15, -0.1) is 0 Å². The lowest BCUT2D eigenvalue weighted by atomic mass is 10.2. The molecule has 2 aromatic rings. The zero-order valence-electron chi connectivity index (χ0n) is 14.1. The standard InChI is InChI=1S/C17H26N4O/c1-20(2)11-14(12-21(3)4)18-17-9-6-13-10-15(22-5)7-8-16(13)19-17/h6-10,14H,11-12H2,1-5H3,(H,18,19). The fourth-order valence-corrected chi connectivity index (χ4v) is 2.55. The Morgan fingerprint density at radius 1 is 1.05 bits per heavy atom. The quantitative estimate of drug-likeness (QED) is 0.848. The molecule has 0 aliphatic rings. The third-order valence-corrected chi connectivity index (χ3v) is 3.42. The minimum atomic E-state index is 0.327. The minimum Gasteiger partial charge on any atom is -0.497 e. The Kier molecular flexibility index (Phi) is 5.57. The summed E-state index contributed by atoms with van der Waals surface area (Å²) in [6, 6.07) is 10.4. The molecule has 0 bridgehead atoms. The number of rotatable bonds is 7. The number of hydrogen-bond donors (Lipinski definition) is 1. The summed E-state index contributed by atoms with van der Waals surface area (Å²) < 4.78 is 5.25. The van der Waals surface area contributed by atoms with E-state index >= 15 is 0 Å². The van der Waals surface area contributed by atoms with Gasteiger partial charge < -0.3 is 19.9 Å². The fraction of sp³-hybridized carbons (Fsp3) is 0.471. The number of nitrogens with one attached hydrogen (secondary N) is 1. The molecule has 1 aromatic carbocycles. The summed E-state index contributed by atoms with van der Waals surface area (Å²) in [5.74, 6) is 1.76. The minimum absolute atomic E-state index is 0.327. The number of hydrogen-bond acceptors (Lipinski definition) is 5. The van der Waals surface area contributed by atoms with E-state index in [0.717, 1.165) is 35.6 Å².